The molecule has 1 saturated heterocycles. The second-order valence-electron chi connectivity index (χ2n) is 6.30. The van der Waals surface area contributed by atoms with Crippen molar-refractivity contribution in [3.8, 4) is 5.75 Å². The van der Waals surface area contributed by atoms with E-state index >= 15 is 0 Å². The highest BCUT2D eigenvalue weighted by Crippen LogP contribution is 2.23. The van der Waals surface area contributed by atoms with Crippen molar-refractivity contribution in [3.63, 3.8) is 0 Å². The zero-order valence-electron chi connectivity index (χ0n) is 14.6. The third-order valence-electron chi connectivity index (χ3n) is 4.61. The molecule has 4 nitrogen and oxygen atoms in total. The summed E-state index contributed by atoms with van der Waals surface area (Å²) in [5.41, 5.74) is 4.14. The van der Waals surface area contributed by atoms with Crippen LogP contribution in [0.5, 0.6) is 5.75 Å². The van der Waals surface area contributed by atoms with Crippen LogP contribution in [0.2, 0.25) is 0 Å². The van der Waals surface area contributed by atoms with Crippen molar-refractivity contribution in [2.45, 2.75) is 13.8 Å². The third-order valence-corrected chi connectivity index (χ3v) is 4.61. The van der Waals surface area contributed by atoms with Gasteiger partial charge in [0.25, 0.3) is 5.91 Å². The van der Waals surface area contributed by atoms with Gasteiger partial charge in [-0.15, -0.1) is 0 Å². The predicted molar refractivity (Wildman–Crippen MR) is 97.0 cm³/mol. The van der Waals surface area contributed by atoms with E-state index in [4.69, 9.17) is 4.74 Å². The maximum Gasteiger partial charge on any atom is 0.254 e. The topological polar surface area (TPSA) is 32.8 Å². The Kier molecular flexibility index (Phi) is 4.74. The molecule has 126 valence electrons. The molecule has 24 heavy (non-hydrogen) atoms. The molecule has 1 amide bonds. The molecule has 1 aliphatic rings. The molecule has 0 aromatic heterocycles. The van der Waals surface area contributed by atoms with E-state index in [1.165, 1.54) is 0 Å². The van der Waals surface area contributed by atoms with Gasteiger partial charge in [-0.1, -0.05) is 23.8 Å². The number of aryl methyl sites for hydroxylation is 2. The van der Waals surface area contributed by atoms with Crippen LogP contribution in [0.1, 0.15) is 21.5 Å². The number of amides is 1. The second kappa shape index (κ2) is 6.95. The van der Waals surface area contributed by atoms with Crippen molar-refractivity contribution in [2.75, 3.05) is 38.2 Å². The number of carbonyl (C=O) groups is 1. The summed E-state index contributed by atoms with van der Waals surface area (Å²) in [6.07, 6.45) is 0. The summed E-state index contributed by atoms with van der Waals surface area (Å²) < 4.78 is 5.30. The average Bonchev–Trinajstić information content (AvgIpc) is 2.63. The monoisotopic (exact) mass is 324 g/mol. The molecule has 0 bridgehead atoms. The normalized spacial score (nSPS) is 14.6. The Labute approximate surface area is 143 Å². The number of rotatable bonds is 3. The van der Waals surface area contributed by atoms with Gasteiger partial charge in [0, 0.05) is 43.5 Å². The Morgan fingerprint density at radius 1 is 1.00 bits per heavy atom. The van der Waals surface area contributed by atoms with Crippen LogP contribution in [0, 0.1) is 13.8 Å². The highest BCUT2D eigenvalue weighted by atomic mass is 16.5. The maximum absolute atomic E-state index is 12.8. The van der Waals surface area contributed by atoms with E-state index in [9.17, 15) is 4.79 Å². The Morgan fingerprint density at radius 2 is 1.75 bits per heavy atom. The molecule has 0 N–H and O–H groups in total. The van der Waals surface area contributed by atoms with Gasteiger partial charge in [0.05, 0.1) is 7.11 Å². The summed E-state index contributed by atoms with van der Waals surface area (Å²) in [4.78, 5) is 17.1. The van der Waals surface area contributed by atoms with Gasteiger partial charge < -0.3 is 14.5 Å². The summed E-state index contributed by atoms with van der Waals surface area (Å²) in [5, 5.41) is 0. The van der Waals surface area contributed by atoms with Crippen molar-refractivity contribution >= 4 is 11.6 Å². The van der Waals surface area contributed by atoms with E-state index in [0.717, 1.165) is 54.3 Å². The van der Waals surface area contributed by atoms with E-state index in [1.807, 2.05) is 55.1 Å². The van der Waals surface area contributed by atoms with Crippen molar-refractivity contribution in [1.82, 2.24) is 4.90 Å². The molecule has 1 aliphatic heterocycles. The number of methoxy groups -OCH3 is 1. The van der Waals surface area contributed by atoms with Gasteiger partial charge in [0.1, 0.15) is 5.75 Å². The van der Waals surface area contributed by atoms with E-state index in [-0.39, 0.29) is 5.91 Å². The van der Waals surface area contributed by atoms with Crippen LogP contribution in [-0.4, -0.2) is 44.1 Å². The molecular formula is C20H24N2O2. The van der Waals surface area contributed by atoms with Gasteiger partial charge in [-0.25, -0.2) is 0 Å². The molecule has 0 saturated carbocycles. The quantitative estimate of drug-likeness (QED) is 0.869. The SMILES string of the molecule is COc1cccc(N2CCN(C(=O)c3cc(C)ccc3C)CC2)c1. The predicted octanol–water partition coefficient (Wildman–Crippen LogP) is 3.27. The first-order valence-electron chi connectivity index (χ1n) is 8.34. The highest BCUT2D eigenvalue weighted by Gasteiger charge is 2.23. The largest absolute Gasteiger partial charge is 0.497 e. The highest BCUT2D eigenvalue weighted by molar-refractivity contribution is 5.96. The van der Waals surface area contributed by atoms with Crippen molar-refractivity contribution in [3.05, 3.63) is 59.2 Å². The van der Waals surface area contributed by atoms with Gasteiger partial charge in [-0.3, -0.25) is 4.79 Å². The molecule has 2 aromatic carbocycles. The Hall–Kier alpha value is -2.49. The van der Waals surface area contributed by atoms with Crippen molar-refractivity contribution in [2.24, 2.45) is 0 Å². The van der Waals surface area contributed by atoms with Gasteiger partial charge in [-0.2, -0.15) is 0 Å². The summed E-state index contributed by atoms with van der Waals surface area (Å²) >= 11 is 0. The van der Waals surface area contributed by atoms with E-state index < -0.39 is 0 Å². The van der Waals surface area contributed by atoms with E-state index in [0.29, 0.717) is 0 Å². The number of ether oxygens (including phenoxy) is 1. The molecule has 2 aromatic rings. The number of piperazine rings is 1. The lowest BCUT2D eigenvalue weighted by atomic mass is 10.0. The van der Waals surface area contributed by atoms with Crippen LogP contribution in [-0.2, 0) is 0 Å². The van der Waals surface area contributed by atoms with Crippen LogP contribution in [0.25, 0.3) is 0 Å². The van der Waals surface area contributed by atoms with Gasteiger partial charge in [0.2, 0.25) is 0 Å². The molecule has 0 unspecified atom stereocenters. The fourth-order valence-electron chi connectivity index (χ4n) is 3.11. The molecule has 0 aliphatic carbocycles. The van der Waals surface area contributed by atoms with Crippen LogP contribution in [0.4, 0.5) is 5.69 Å². The summed E-state index contributed by atoms with van der Waals surface area (Å²) in [6.45, 7) is 7.18. The average molecular weight is 324 g/mol. The fraction of sp³-hybridized carbons (Fsp3) is 0.350. The number of anilines is 1. The Morgan fingerprint density at radius 3 is 2.46 bits per heavy atom. The molecule has 4 heteroatoms. The molecule has 3 rings (SSSR count). The number of hydrogen-bond donors (Lipinski definition) is 0. The summed E-state index contributed by atoms with van der Waals surface area (Å²) in [6, 6.07) is 14.1. The van der Waals surface area contributed by atoms with Crippen LogP contribution in [0.15, 0.2) is 42.5 Å². The first kappa shape index (κ1) is 16.4. The lowest BCUT2D eigenvalue weighted by Crippen LogP contribution is -2.49. The minimum atomic E-state index is 0.140. The van der Waals surface area contributed by atoms with E-state index in [1.54, 1.807) is 7.11 Å². The zero-order valence-corrected chi connectivity index (χ0v) is 14.6. The van der Waals surface area contributed by atoms with Gasteiger partial charge >= 0.3 is 0 Å². The number of carbonyl (C=O) groups excluding carboxylic acids is 1. The molecule has 1 heterocycles. The van der Waals surface area contributed by atoms with Crippen molar-refractivity contribution in [1.29, 1.82) is 0 Å². The molecule has 1 fully saturated rings. The second-order valence-corrected chi connectivity index (χ2v) is 6.30. The van der Waals surface area contributed by atoms with Gasteiger partial charge in [0.15, 0.2) is 0 Å². The standard InChI is InChI=1S/C20H24N2O2/c1-15-7-8-16(2)19(13-15)20(23)22-11-9-21(10-12-22)17-5-4-6-18(14-17)24-3/h4-8,13-14H,9-12H2,1-3H3. The van der Waals surface area contributed by atoms with E-state index in [2.05, 4.69) is 11.0 Å². The molecule has 0 radical (unpaired) electrons. The number of hydrogen-bond acceptors (Lipinski definition) is 3. The maximum atomic E-state index is 12.8. The molecular weight excluding hydrogens is 300 g/mol. The van der Waals surface area contributed by atoms with Crippen molar-refractivity contribution < 1.29 is 9.53 Å². The first-order valence-corrected chi connectivity index (χ1v) is 8.34. The van der Waals surface area contributed by atoms with Crippen LogP contribution >= 0.6 is 0 Å². The zero-order chi connectivity index (χ0) is 17.1. The molecule has 0 atom stereocenters. The Bertz CT molecular complexity index is 734. The number of benzene rings is 2. The van der Waals surface area contributed by atoms with Crippen LogP contribution < -0.4 is 9.64 Å². The summed E-state index contributed by atoms with van der Waals surface area (Å²) in [7, 11) is 1.68. The Balaban J connectivity index is 1.68. The summed E-state index contributed by atoms with van der Waals surface area (Å²) in [5.74, 6) is 1.00. The smallest absolute Gasteiger partial charge is 0.254 e. The first-order chi connectivity index (χ1) is 11.6. The van der Waals surface area contributed by atoms with Gasteiger partial charge in [-0.05, 0) is 37.6 Å². The fourth-order valence-corrected chi connectivity index (χ4v) is 3.11. The van der Waals surface area contributed by atoms with Crippen LogP contribution in [0.3, 0.4) is 0 Å². The minimum absolute atomic E-state index is 0.140. The third kappa shape index (κ3) is 3.37. The lowest BCUT2D eigenvalue weighted by molar-refractivity contribution is 0.0746. The minimum Gasteiger partial charge on any atom is -0.497 e. The lowest BCUT2D eigenvalue weighted by Gasteiger charge is -2.36. The number of nitrogens with zero attached hydrogens (tertiary/aromatic N) is 2. The molecule has 0 spiro atoms.